The van der Waals surface area contributed by atoms with Crippen molar-refractivity contribution in [3.63, 3.8) is 0 Å². The molecule has 1 fully saturated rings. The minimum absolute atomic E-state index is 0.0967. The number of aromatic nitrogens is 1. The molecule has 1 aromatic heterocycles. The van der Waals surface area contributed by atoms with Gasteiger partial charge in [0.05, 0.1) is 5.69 Å². The number of rotatable bonds is 4. The lowest BCUT2D eigenvalue weighted by molar-refractivity contribution is -0.121. The molecule has 27 heavy (non-hydrogen) atoms. The first-order chi connectivity index (χ1) is 13.2. The van der Waals surface area contributed by atoms with E-state index in [-0.39, 0.29) is 17.4 Å². The Labute approximate surface area is 160 Å². The van der Waals surface area contributed by atoms with Gasteiger partial charge in [0.15, 0.2) is 0 Å². The molecule has 5 heteroatoms. The molecule has 0 saturated carbocycles. The number of hydrogen-bond donors (Lipinski definition) is 1. The molecule has 142 valence electrons. The maximum absolute atomic E-state index is 12.0. The number of para-hydroxylation sites is 1. The third-order valence-electron chi connectivity index (χ3n) is 5.89. The van der Waals surface area contributed by atoms with Gasteiger partial charge in [-0.1, -0.05) is 24.3 Å². The van der Waals surface area contributed by atoms with Crippen LogP contribution in [0.4, 0.5) is 0 Å². The molecule has 1 spiro atoms. The third-order valence-corrected chi connectivity index (χ3v) is 5.89. The van der Waals surface area contributed by atoms with Gasteiger partial charge in [-0.2, -0.15) is 0 Å². The number of carbonyl (C=O) groups is 1. The molecule has 1 saturated heterocycles. The first kappa shape index (κ1) is 18.0. The maximum atomic E-state index is 12.0. The van der Waals surface area contributed by atoms with Crippen molar-refractivity contribution in [3.05, 3.63) is 59.9 Å². The molecule has 0 bridgehead atoms. The van der Waals surface area contributed by atoms with Crippen LogP contribution in [0.15, 0.2) is 48.7 Å². The van der Waals surface area contributed by atoms with Gasteiger partial charge in [0, 0.05) is 45.2 Å². The molecule has 2 aromatic rings. The quantitative estimate of drug-likeness (QED) is 0.905. The number of pyridine rings is 1. The van der Waals surface area contributed by atoms with E-state index in [1.165, 1.54) is 5.56 Å². The maximum Gasteiger partial charge on any atom is 0.220 e. The summed E-state index contributed by atoms with van der Waals surface area (Å²) < 4.78 is 6.53. The average molecular weight is 365 g/mol. The highest BCUT2D eigenvalue weighted by Crippen LogP contribution is 2.46. The number of likely N-dealkylation sites (tertiary alicyclic amines) is 1. The van der Waals surface area contributed by atoms with Crippen LogP contribution in [0.25, 0.3) is 0 Å². The Morgan fingerprint density at radius 2 is 2.00 bits per heavy atom. The second-order valence-electron chi connectivity index (χ2n) is 7.70. The molecular formula is C22H27N3O2. The van der Waals surface area contributed by atoms with Crippen LogP contribution < -0.4 is 10.1 Å². The zero-order chi connectivity index (χ0) is 18.7. The van der Waals surface area contributed by atoms with Crippen molar-refractivity contribution in [1.29, 1.82) is 0 Å². The summed E-state index contributed by atoms with van der Waals surface area (Å²) in [6, 6.07) is 14.3. The molecule has 2 aliphatic heterocycles. The van der Waals surface area contributed by atoms with Crippen LogP contribution in [0, 0.1) is 0 Å². The van der Waals surface area contributed by atoms with E-state index in [0.717, 1.165) is 50.3 Å². The zero-order valence-electron chi connectivity index (χ0n) is 15.9. The van der Waals surface area contributed by atoms with Crippen molar-refractivity contribution >= 4 is 5.91 Å². The van der Waals surface area contributed by atoms with Crippen molar-refractivity contribution in [2.24, 2.45) is 0 Å². The van der Waals surface area contributed by atoms with Gasteiger partial charge in [0.1, 0.15) is 11.4 Å². The van der Waals surface area contributed by atoms with E-state index in [4.69, 9.17) is 4.74 Å². The summed E-state index contributed by atoms with van der Waals surface area (Å²) in [4.78, 5) is 18.9. The van der Waals surface area contributed by atoms with E-state index in [1.54, 1.807) is 7.05 Å². The number of amides is 1. The Hall–Kier alpha value is -2.40. The van der Waals surface area contributed by atoms with E-state index >= 15 is 0 Å². The van der Waals surface area contributed by atoms with Gasteiger partial charge in [0.25, 0.3) is 0 Å². The van der Waals surface area contributed by atoms with E-state index in [2.05, 4.69) is 27.3 Å². The average Bonchev–Trinajstić information content (AvgIpc) is 2.70. The highest BCUT2D eigenvalue weighted by molar-refractivity contribution is 5.76. The van der Waals surface area contributed by atoms with Gasteiger partial charge in [0.2, 0.25) is 5.91 Å². The number of carbonyl (C=O) groups excluding carboxylic acids is 1. The Kier molecular flexibility index (Phi) is 5.12. The van der Waals surface area contributed by atoms with Gasteiger partial charge in [-0.05, 0) is 43.0 Å². The summed E-state index contributed by atoms with van der Waals surface area (Å²) in [6.07, 6.45) is 5.26. The summed E-state index contributed by atoms with van der Waals surface area (Å²) in [5, 5.41) is 2.77. The molecule has 3 heterocycles. The highest BCUT2D eigenvalue weighted by Gasteiger charge is 2.43. The van der Waals surface area contributed by atoms with Crippen molar-refractivity contribution in [1.82, 2.24) is 15.2 Å². The van der Waals surface area contributed by atoms with Crippen LogP contribution in [0.2, 0.25) is 0 Å². The molecular weight excluding hydrogens is 338 g/mol. The van der Waals surface area contributed by atoms with Gasteiger partial charge in [-0.15, -0.1) is 0 Å². The molecule has 0 unspecified atom stereocenters. The fraction of sp³-hybridized carbons (Fsp3) is 0.455. The second-order valence-corrected chi connectivity index (χ2v) is 7.70. The summed E-state index contributed by atoms with van der Waals surface area (Å²) in [5.74, 6) is 1.27. The topological polar surface area (TPSA) is 54.5 Å². The Bertz CT molecular complexity index is 785. The molecule has 2 aliphatic rings. The highest BCUT2D eigenvalue weighted by atomic mass is 16.5. The monoisotopic (exact) mass is 365 g/mol. The Balaban J connectivity index is 1.47. The van der Waals surface area contributed by atoms with E-state index in [9.17, 15) is 4.79 Å². The van der Waals surface area contributed by atoms with Crippen molar-refractivity contribution < 1.29 is 9.53 Å². The summed E-state index contributed by atoms with van der Waals surface area (Å²) in [7, 11) is 1.71. The van der Waals surface area contributed by atoms with Crippen LogP contribution in [0.3, 0.4) is 0 Å². The summed E-state index contributed by atoms with van der Waals surface area (Å²) >= 11 is 0. The molecule has 1 amide bonds. The van der Waals surface area contributed by atoms with Crippen molar-refractivity contribution in [3.8, 4) is 5.75 Å². The van der Waals surface area contributed by atoms with Crippen LogP contribution in [-0.4, -0.2) is 41.5 Å². The van der Waals surface area contributed by atoms with Crippen molar-refractivity contribution in [2.75, 3.05) is 20.1 Å². The van der Waals surface area contributed by atoms with Crippen LogP contribution in [-0.2, 0) is 11.3 Å². The number of ether oxygens (including phenoxy) is 1. The van der Waals surface area contributed by atoms with Gasteiger partial charge in [-0.25, -0.2) is 0 Å². The Morgan fingerprint density at radius 3 is 2.74 bits per heavy atom. The lowest BCUT2D eigenvalue weighted by atomic mass is 9.76. The predicted octanol–water partition coefficient (Wildman–Crippen LogP) is 3.12. The molecule has 1 atom stereocenters. The first-order valence-corrected chi connectivity index (χ1v) is 9.78. The van der Waals surface area contributed by atoms with Crippen LogP contribution in [0.1, 0.15) is 42.9 Å². The van der Waals surface area contributed by atoms with E-state index in [1.807, 2.05) is 36.5 Å². The normalized spacial score (nSPS) is 21.3. The third kappa shape index (κ3) is 3.98. The van der Waals surface area contributed by atoms with Crippen LogP contribution in [0.5, 0.6) is 5.75 Å². The van der Waals surface area contributed by atoms with E-state index < -0.39 is 0 Å². The fourth-order valence-corrected chi connectivity index (χ4v) is 4.40. The summed E-state index contributed by atoms with van der Waals surface area (Å²) in [6.45, 7) is 2.87. The summed E-state index contributed by atoms with van der Waals surface area (Å²) in [5.41, 5.74) is 2.12. The number of nitrogens with one attached hydrogen (secondary N) is 1. The zero-order valence-corrected chi connectivity index (χ0v) is 15.9. The second kappa shape index (κ2) is 7.69. The lowest BCUT2D eigenvalue weighted by Crippen LogP contribution is -2.50. The molecule has 1 N–H and O–H groups in total. The minimum atomic E-state index is -0.159. The largest absolute Gasteiger partial charge is 0.487 e. The molecule has 0 aliphatic carbocycles. The molecule has 5 nitrogen and oxygen atoms in total. The van der Waals surface area contributed by atoms with Gasteiger partial charge >= 0.3 is 0 Å². The minimum Gasteiger partial charge on any atom is -0.487 e. The predicted molar refractivity (Wildman–Crippen MR) is 105 cm³/mol. The van der Waals surface area contributed by atoms with Crippen LogP contribution >= 0.6 is 0 Å². The number of benzene rings is 1. The molecule has 0 radical (unpaired) electrons. The smallest absolute Gasteiger partial charge is 0.220 e. The molecule has 1 aromatic carbocycles. The van der Waals surface area contributed by atoms with Gasteiger partial charge in [-0.3, -0.25) is 14.7 Å². The first-order valence-electron chi connectivity index (χ1n) is 9.78. The number of piperidine rings is 1. The number of fused-ring (bicyclic) bond motifs is 1. The standard InChI is InChI=1S/C22H27N3O2/c1-23-21(26)14-17-15-22(27-20-8-3-2-7-19(17)20)9-12-25(13-10-22)16-18-6-4-5-11-24-18/h2-8,11,17H,9-10,12-16H2,1H3,(H,23,26)/t17-/m0/s1. The van der Waals surface area contributed by atoms with Crippen molar-refractivity contribution in [2.45, 2.75) is 43.7 Å². The SMILES string of the molecule is CNC(=O)C[C@H]1CC2(CCN(Cc3ccccn3)CC2)Oc2ccccc21. The number of nitrogens with zero attached hydrogens (tertiary/aromatic N) is 2. The lowest BCUT2D eigenvalue weighted by Gasteiger charge is -2.47. The molecule has 4 rings (SSSR count). The Morgan fingerprint density at radius 1 is 1.22 bits per heavy atom. The van der Waals surface area contributed by atoms with E-state index in [0.29, 0.717) is 6.42 Å². The number of hydrogen-bond acceptors (Lipinski definition) is 4. The fourth-order valence-electron chi connectivity index (χ4n) is 4.40. The van der Waals surface area contributed by atoms with Gasteiger partial charge < -0.3 is 10.1 Å².